The zero-order valence-corrected chi connectivity index (χ0v) is 19.9. The second-order valence-electron chi connectivity index (χ2n) is 8.00. The molecule has 34 heavy (non-hydrogen) atoms. The molecule has 0 bridgehead atoms. The predicted octanol–water partition coefficient (Wildman–Crippen LogP) is 5.37. The number of aromatic nitrogens is 2. The predicted molar refractivity (Wildman–Crippen MR) is 138 cm³/mol. The van der Waals surface area contributed by atoms with Gasteiger partial charge in [0.15, 0.2) is 10.3 Å². The number of carbonyl (C=O) groups is 2. The number of hydrogen-bond acceptors (Lipinski definition) is 7. The van der Waals surface area contributed by atoms with E-state index in [-0.39, 0.29) is 17.7 Å². The molecule has 9 heteroatoms. The van der Waals surface area contributed by atoms with E-state index < -0.39 is 0 Å². The van der Waals surface area contributed by atoms with E-state index in [2.05, 4.69) is 25.5 Å². The van der Waals surface area contributed by atoms with Gasteiger partial charge in [0.05, 0.1) is 5.69 Å². The number of amides is 2. The van der Waals surface area contributed by atoms with Crippen LogP contribution in [0.25, 0.3) is 11.3 Å². The summed E-state index contributed by atoms with van der Waals surface area (Å²) in [6.45, 7) is 1.67. The molecule has 4 aromatic rings. The second kappa shape index (κ2) is 10.1. The third-order valence-corrected chi connectivity index (χ3v) is 7.35. The average molecular weight is 490 g/mol. The van der Waals surface area contributed by atoms with Gasteiger partial charge >= 0.3 is 0 Å². The van der Waals surface area contributed by atoms with Gasteiger partial charge in [-0.3, -0.25) is 9.59 Å². The minimum absolute atomic E-state index is 0.0175. The summed E-state index contributed by atoms with van der Waals surface area (Å²) in [4.78, 5) is 36.3. The summed E-state index contributed by atoms with van der Waals surface area (Å²) in [5.41, 5.74) is 3.04. The summed E-state index contributed by atoms with van der Waals surface area (Å²) in [6, 6.07) is 16.6. The van der Waals surface area contributed by atoms with Crippen molar-refractivity contribution in [3.8, 4) is 11.3 Å². The zero-order valence-electron chi connectivity index (χ0n) is 18.3. The van der Waals surface area contributed by atoms with E-state index in [0.717, 1.165) is 42.3 Å². The van der Waals surface area contributed by atoms with Crippen molar-refractivity contribution in [2.24, 2.45) is 5.92 Å². The third-order valence-electron chi connectivity index (χ3n) is 5.76. The summed E-state index contributed by atoms with van der Waals surface area (Å²) in [5.74, 6) is -0.140. The molecule has 1 saturated heterocycles. The Kier molecular flexibility index (Phi) is 6.64. The van der Waals surface area contributed by atoms with Gasteiger partial charge in [-0.05, 0) is 37.1 Å². The number of thiazole rings is 2. The molecule has 2 aromatic heterocycles. The molecule has 2 aromatic carbocycles. The lowest BCUT2D eigenvalue weighted by Gasteiger charge is -2.30. The van der Waals surface area contributed by atoms with Crippen LogP contribution in [0.5, 0.6) is 0 Å². The number of anilines is 3. The van der Waals surface area contributed by atoms with E-state index in [1.54, 1.807) is 23.5 Å². The number of hydrogen-bond donors (Lipinski definition) is 2. The van der Waals surface area contributed by atoms with Crippen LogP contribution in [0.1, 0.15) is 23.2 Å². The van der Waals surface area contributed by atoms with E-state index in [0.29, 0.717) is 16.4 Å². The fraction of sp³-hybridized carbons (Fsp3) is 0.200. The smallest absolute Gasteiger partial charge is 0.255 e. The highest BCUT2D eigenvalue weighted by Crippen LogP contribution is 2.29. The van der Waals surface area contributed by atoms with E-state index in [1.807, 2.05) is 59.4 Å². The van der Waals surface area contributed by atoms with Gasteiger partial charge in [0.2, 0.25) is 5.91 Å². The molecule has 0 radical (unpaired) electrons. The van der Waals surface area contributed by atoms with Gasteiger partial charge in [0.1, 0.15) is 0 Å². The van der Waals surface area contributed by atoms with Gasteiger partial charge in [-0.25, -0.2) is 9.97 Å². The van der Waals surface area contributed by atoms with Crippen LogP contribution in [0.2, 0.25) is 0 Å². The molecule has 0 aliphatic carbocycles. The van der Waals surface area contributed by atoms with Gasteiger partial charge in [0, 0.05) is 52.8 Å². The maximum absolute atomic E-state index is 12.8. The quantitative estimate of drug-likeness (QED) is 0.380. The standard InChI is InChI=1S/C25H23N5O2S2/c31-22(18-4-2-1-3-5-18)27-20-8-6-17(7-9-20)21-16-34-24(28-21)29-23(32)19-10-13-30(14-11-19)25-26-12-15-33-25/h1-9,12,15-16,19H,10-11,13-14H2,(H,27,31)(H,28,29,32). The molecule has 172 valence electrons. The number of carbonyl (C=O) groups excluding carboxylic acids is 2. The molecule has 1 aliphatic rings. The molecule has 1 aliphatic heterocycles. The number of rotatable bonds is 6. The first kappa shape index (κ1) is 22.2. The van der Waals surface area contributed by atoms with Gasteiger partial charge in [0.25, 0.3) is 5.91 Å². The first-order chi connectivity index (χ1) is 16.7. The first-order valence-electron chi connectivity index (χ1n) is 11.0. The molecule has 1 fully saturated rings. The molecule has 2 amide bonds. The minimum Gasteiger partial charge on any atom is -0.348 e. The van der Waals surface area contributed by atoms with Gasteiger partial charge < -0.3 is 15.5 Å². The molecule has 3 heterocycles. The normalized spacial score (nSPS) is 14.1. The Morgan fingerprint density at radius 1 is 0.941 bits per heavy atom. The Morgan fingerprint density at radius 3 is 2.41 bits per heavy atom. The van der Waals surface area contributed by atoms with Crippen molar-refractivity contribution < 1.29 is 9.59 Å². The highest BCUT2D eigenvalue weighted by Gasteiger charge is 2.26. The lowest BCUT2D eigenvalue weighted by Crippen LogP contribution is -2.38. The monoisotopic (exact) mass is 489 g/mol. The molecule has 0 spiro atoms. The van der Waals surface area contributed by atoms with Crippen molar-refractivity contribution in [3.05, 3.63) is 77.1 Å². The van der Waals surface area contributed by atoms with Crippen LogP contribution in [-0.2, 0) is 4.79 Å². The van der Waals surface area contributed by atoms with Crippen LogP contribution in [0, 0.1) is 5.92 Å². The Labute approximate surface area is 205 Å². The molecule has 7 nitrogen and oxygen atoms in total. The van der Waals surface area contributed by atoms with Crippen molar-refractivity contribution in [2.75, 3.05) is 28.6 Å². The van der Waals surface area contributed by atoms with E-state index in [4.69, 9.17) is 0 Å². The number of nitrogens with zero attached hydrogens (tertiary/aromatic N) is 3. The van der Waals surface area contributed by atoms with E-state index in [9.17, 15) is 9.59 Å². The molecule has 0 unspecified atom stereocenters. The summed E-state index contributed by atoms with van der Waals surface area (Å²) >= 11 is 3.05. The SMILES string of the molecule is O=C(Nc1ccc(-c2csc(NC(=O)C3CCN(c4nccs4)CC3)n2)cc1)c1ccccc1. The largest absolute Gasteiger partial charge is 0.348 e. The van der Waals surface area contributed by atoms with Crippen LogP contribution in [0.4, 0.5) is 16.0 Å². The van der Waals surface area contributed by atoms with E-state index >= 15 is 0 Å². The van der Waals surface area contributed by atoms with E-state index in [1.165, 1.54) is 11.3 Å². The van der Waals surface area contributed by atoms with Crippen LogP contribution in [0.3, 0.4) is 0 Å². The van der Waals surface area contributed by atoms with Crippen LogP contribution < -0.4 is 15.5 Å². The van der Waals surface area contributed by atoms with Crippen molar-refractivity contribution in [3.63, 3.8) is 0 Å². The van der Waals surface area contributed by atoms with Crippen LogP contribution in [-0.4, -0.2) is 34.9 Å². The third kappa shape index (κ3) is 5.16. The van der Waals surface area contributed by atoms with Crippen molar-refractivity contribution >= 4 is 50.4 Å². The zero-order chi connectivity index (χ0) is 23.3. The number of benzene rings is 2. The van der Waals surface area contributed by atoms with Crippen LogP contribution >= 0.6 is 22.7 Å². The lowest BCUT2D eigenvalue weighted by molar-refractivity contribution is -0.120. The number of piperidine rings is 1. The van der Waals surface area contributed by atoms with Crippen molar-refractivity contribution in [1.29, 1.82) is 0 Å². The highest BCUT2D eigenvalue weighted by molar-refractivity contribution is 7.14. The topological polar surface area (TPSA) is 87.2 Å². The van der Waals surface area contributed by atoms with Crippen LogP contribution in [0.15, 0.2) is 71.6 Å². The maximum atomic E-state index is 12.8. The summed E-state index contributed by atoms with van der Waals surface area (Å²) < 4.78 is 0. The summed E-state index contributed by atoms with van der Waals surface area (Å²) in [6.07, 6.45) is 3.42. The fourth-order valence-electron chi connectivity index (χ4n) is 3.89. The fourth-order valence-corrected chi connectivity index (χ4v) is 5.31. The Bertz CT molecular complexity index is 1250. The van der Waals surface area contributed by atoms with Gasteiger partial charge in [-0.15, -0.1) is 22.7 Å². The summed E-state index contributed by atoms with van der Waals surface area (Å²) in [7, 11) is 0. The molecular weight excluding hydrogens is 466 g/mol. The molecule has 2 N–H and O–H groups in total. The Balaban J connectivity index is 1.15. The Hall–Kier alpha value is -3.56. The van der Waals surface area contributed by atoms with Gasteiger partial charge in [-0.2, -0.15) is 0 Å². The molecule has 0 atom stereocenters. The average Bonchev–Trinajstić information content (AvgIpc) is 3.58. The van der Waals surface area contributed by atoms with Crippen molar-refractivity contribution in [1.82, 2.24) is 9.97 Å². The van der Waals surface area contributed by atoms with Crippen molar-refractivity contribution in [2.45, 2.75) is 12.8 Å². The number of nitrogens with one attached hydrogen (secondary N) is 2. The second-order valence-corrected chi connectivity index (χ2v) is 9.73. The lowest BCUT2D eigenvalue weighted by atomic mass is 9.96. The van der Waals surface area contributed by atoms with Gasteiger partial charge in [-0.1, -0.05) is 30.3 Å². The highest BCUT2D eigenvalue weighted by atomic mass is 32.1. The summed E-state index contributed by atoms with van der Waals surface area (Å²) in [5, 5.41) is 11.4. The minimum atomic E-state index is -0.149. The maximum Gasteiger partial charge on any atom is 0.255 e. The molecular formula is C25H23N5O2S2. The Morgan fingerprint density at radius 2 is 1.71 bits per heavy atom. The molecule has 0 saturated carbocycles. The molecule has 5 rings (SSSR count). The first-order valence-corrected chi connectivity index (χ1v) is 12.8.